The van der Waals surface area contributed by atoms with E-state index < -0.39 is 4.86 Å². The van der Waals surface area contributed by atoms with Gasteiger partial charge in [0.15, 0.2) is 0 Å². The van der Waals surface area contributed by atoms with Crippen LogP contribution in [-0.2, 0) is 0 Å². The van der Waals surface area contributed by atoms with Gasteiger partial charge in [-0.15, -0.1) is 5.84 Å². The van der Waals surface area contributed by atoms with Gasteiger partial charge in [0.1, 0.15) is 0 Å². The fraction of sp³-hybridized carbons (Fsp3) is 0. The first-order valence-electron chi connectivity index (χ1n) is 2.98. The molecule has 1 atom stereocenters. The van der Waals surface area contributed by atoms with Crippen LogP contribution in [0.2, 0.25) is 0 Å². The van der Waals surface area contributed by atoms with Gasteiger partial charge in [-0.1, -0.05) is 23.1 Å². The molecule has 11 heavy (non-hydrogen) atoms. The Morgan fingerprint density at radius 2 is 1.91 bits per heavy atom. The zero-order chi connectivity index (χ0) is 8.32. The minimum Gasteiger partial charge on any atom is -0.159 e. The van der Waals surface area contributed by atoms with Crippen LogP contribution in [-0.4, -0.2) is 5.21 Å². The second-order valence-corrected chi connectivity index (χ2v) is 2.07. The van der Waals surface area contributed by atoms with Crippen LogP contribution in [0.15, 0.2) is 35.6 Å². The summed E-state index contributed by atoms with van der Waals surface area (Å²) in [5, 5.41) is 11.3. The normalized spacial score (nSPS) is 15.5. The molecule has 0 heterocycles. The van der Waals surface area contributed by atoms with E-state index >= 15 is 0 Å². The number of hydrogen-bond acceptors (Lipinski definition) is 4. The molecule has 1 aromatic rings. The fourth-order valence-corrected chi connectivity index (χ4v) is 0.695. The van der Waals surface area contributed by atoms with Crippen molar-refractivity contribution in [2.24, 2.45) is 11.1 Å². The summed E-state index contributed by atoms with van der Waals surface area (Å²) in [6.07, 6.45) is 0. The summed E-state index contributed by atoms with van der Waals surface area (Å²) in [6.45, 7) is 0. The number of nitroso groups, excluding NO2 is 1. The molecule has 0 spiro atoms. The summed E-state index contributed by atoms with van der Waals surface area (Å²) < 4.78 is 0. The summed E-state index contributed by atoms with van der Waals surface area (Å²) >= 11 is 0. The molecule has 0 aromatic heterocycles. The van der Waals surface area contributed by atoms with Crippen LogP contribution >= 0.6 is 0 Å². The van der Waals surface area contributed by atoms with E-state index in [4.69, 9.17) is 11.0 Å². The summed E-state index contributed by atoms with van der Waals surface area (Å²) in [7, 11) is 0. The van der Waals surface area contributed by atoms with Crippen LogP contribution in [0.5, 0.6) is 0 Å². The minimum atomic E-state index is -1.47. The number of hydrogen-bond donors (Lipinski definition) is 2. The first kappa shape index (κ1) is 7.80. The van der Waals surface area contributed by atoms with E-state index in [1.54, 1.807) is 18.2 Å². The van der Waals surface area contributed by atoms with E-state index in [9.17, 15) is 4.91 Å². The first-order chi connectivity index (χ1) is 5.17. The van der Waals surface area contributed by atoms with Crippen molar-refractivity contribution in [3.8, 4) is 0 Å². The van der Waals surface area contributed by atoms with Crippen molar-refractivity contribution in [3.63, 3.8) is 0 Å². The van der Waals surface area contributed by atoms with E-state index in [1.807, 2.05) is 0 Å². The highest BCUT2D eigenvalue weighted by Crippen LogP contribution is 2.14. The van der Waals surface area contributed by atoms with Gasteiger partial charge in [-0.25, -0.2) is 0 Å². The van der Waals surface area contributed by atoms with Crippen molar-refractivity contribution < 1.29 is 5.21 Å². The quantitative estimate of drug-likeness (QED) is 0.288. The van der Waals surface area contributed by atoms with Crippen molar-refractivity contribution >= 4 is 5.69 Å². The molecule has 5 nitrogen and oxygen atoms in total. The smallest absolute Gasteiger partial charge is 0.159 e. The lowest BCUT2D eigenvalue weighted by atomic mass is 10.3. The Kier molecular flexibility index (Phi) is 1.95. The van der Waals surface area contributed by atoms with Gasteiger partial charge in [-0.3, -0.25) is 0 Å². The molecule has 0 radical (unpaired) electrons. The van der Waals surface area contributed by atoms with Gasteiger partial charge in [-0.2, -0.15) is 5.21 Å². The van der Waals surface area contributed by atoms with E-state index in [-0.39, 0.29) is 5.69 Å². The second kappa shape index (κ2) is 2.75. The van der Waals surface area contributed by atoms with Crippen LogP contribution in [0.1, 0.15) is 0 Å². The maximum Gasteiger partial charge on any atom is 0.218 e. The largest absolute Gasteiger partial charge is 0.218 e. The van der Waals surface area contributed by atoms with Crippen molar-refractivity contribution in [2.75, 3.05) is 0 Å². The number of quaternary nitrogens is 1. The van der Waals surface area contributed by atoms with Crippen LogP contribution in [0.4, 0.5) is 5.69 Å². The lowest BCUT2D eigenvalue weighted by Gasteiger charge is -2.09. The molecular formula is C6H8N3O2+. The van der Waals surface area contributed by atoms with Crippen molar-refractivity contribution in [1.29, 1.82) is 0 Å². The molecule has 0 amide bonds. The zero-order valence-corrected chi connectivity index (χ0v) is 5.71. The Morgan fingerprint density at radius 3 is 2.36 bits per heavy atom. The number of para-hydroxylation sites is 1. The predicted octanol–water partition coefficient (Wildman–Crippen LogP) is 0.938. The monoisotopic (exact) mass is 154 g/mol. The third-order valence-electron chi connectivity index (χ3n) is 1.26. The zero-order valence-electron chi connectivity index (χ0n) is 5.71. The van der Waals surface area contributed by atoms with E-state index in [0.717, 1.165) is 0 Å². The third kappa shape index (κ3) is 1.58. The first-order valence-corrected chi connectivity index (χ1v) is 2.98. The van der Waals surface area contributed by atoms with Gasteiger partial charge in [0.2, 0.25) is 11.0 Å². The highest BCUT2D eigenvalue weighted by atomic mass is 16.7. The molecule has 0 fully saturated rings. The number of rotatable bonds is 2. The lowest BCUT2D eigenvalue weighted by Crippen LogP contribution is -2.46. The summed E-state index contributed by atoms with van der Waals surface area (Å²) in [5.74, 6) is 5.05. The Hall–Kier alpha value is -1.30. The molecule has 5 heteroatoms. The minimum absolute atomic E-state index is 0.225. The van der Waals surface area contributed by atoms with Crippen LogP contribution in [0.3, 0.4) is 0 Å². The molecule has 0 aliphatic heterocycles. The maximum absolute atomic E-state index is 9.97. The van der Waals surface area contributed by atoms with Crippen LogP contribution in [0, 0.1) is 4.91 Å². The molecule has 0 aliphatic carbocycles. The Labute approximate surface area is 63.1 Å². The summed E-state index contributed by atoms with van der Waals surface area (Å²) in [4.78, 5) is 8.50. The van der Waals surface area contributed by atoms with Gasteiger partial charge < -0.3 is 0 Å². The van der Waals surface area contributed by atoms with Crippen molar-refractivity contribution in [2.45, 2.75) is 0 Å². The molecule has 3 N–H and O–H groups in total. The van der Waals surface area contributed by atoms with Crippen molar-refractivity contribution in [1.82, 2.24) is 4.86 Å². The Morgan fingerprint density at radius 1 is 1.36 bits per heavy atom. The summed E-state index contributed by atoms with van der Waals surface area (Å²) in [5.41, 5.74) is 0.225. The molecule has 0 saturated heterocycles. The number of nitrogens with two attached hydrogens (primary N) is 1. The molecule has 1 rings (SSSR count). The Bertz CT molecular complexity index is 247. The van der Waals surface area contributed by atoms with Crippen LogP contribution < -0.4 is 10.7 Å². The fourth-order valence-electron chi connectivity index (χ4n) is 0.695. The van der Waals surface area contributed by atoms with Gasteiger partial charge in [0.05, 0.1) is 4.86 Å². The maximum atomic E-state index is 9.97. The SMILES string of the molecule is N[N+](O)(N=O)c1ccccc1. The molecule has 0 aliphatic rings. The highest BCUT2D eigenvalue weighted by Gasteiger charge is 2.25. The van der Waals surface area contributed by atoms with Crippen molar-refractivity contribution in [3.05, 3.63) is 35.2 Å². The topological polar surface area (TPSA) is 75.7 Å². The third-order valence-corrected chi connectivity index (χ3v) is 1.26. The van der Waals surface area contributed by atoms with E-state index in [1.165, 1.54) is 12.1 Å². The predicted molar refractivity (Wildman–Crippen MR) is 40.0 cm³/mol. The molecule has 58 valence electrons. The second-order valence-electron chi connectivity index (χ2n) is 2.07. The molecular weight excluding hydrogens is 146 g/mol. The summed E-state index contributed by atoms with van der Waals surface area (Å²) in [6, 6.07) is 8.05. The molecule has 1 aromatic carbocycles. The lowest BCUT2D eigenvalue weighted by molar-refractivity contribution is -0.0829. The van der Waals surface area contributed by atoms with Gasteiger partial charge in [0, 0.05) is 12.1 Å². The number of nitrogens with zero attached hydrogens (tertiary/aromatic N) is 2. The average molecular weight is 154 g/mol. The molecule has 0 saturated carbocycles. The van der Waals surface area contributed by atoms with Gasteiger partial charge in [0.25, 0.3) is 0 Å². The highest BCUT2D eigenvalue weighted by molar-refractivity contribution is 5.37. The van der Waals surface area contributed by atoms with E-state index in [0.29, 0.717) is 0 Å². The van der Waals surface area contributed by atoms with Crippen LogP contribution in [0.25, 0.3) is 0 Å². The Balaban J connectivity index is 3.02. The van der Waals surface area contributed by atoms with Gasteiger partial charge >= 0.3 is 0 Å². The molecule has 1 unspecified atom stereocenters. The molecule has 0 bridgehead atoms. The van der Waals surface area contributed by atoms with Gasteiger partial charge in [-0.05, 0) is 0 Å². The van der Waals surface area contributed by atoms with E-state index in [2.05, 4.69) is 5.29 Å². The average Bonchev–Trinajstić information content (AvgIpc) is 2.06. The number of benzene rings is 1. The standard InChI is InChI=1S/C6H8N3O2/c7-9(11,8-10)6-4-2-1-3-5-6/h1-5,11H,7H2/q+1.